The molecule has 5 nitrogen and oxygen atoms in total. The van der Waals surface area contributed by atoms with E-state index in [1.54, 1.807) is 7.05 Å². The van der Waals surface area contributed by atoms with Gasteiger partial charge in [-0.3, -0.25) is 0 Å². The molecule has 0 bridgehead atoms. The summed E-state index contributed by atoms with van der Waals surface area (Å²) < 4.78 is 27.1. The molecule has 0 heterocycles. The molecule has 6 heteroatoms. The molecule has 0 spiro atoms. The fourth-order valence-electron chi connectivity index (χ4n) is 0.971. The molecule has 0 fully saturated rings. The van der Waals surface area contributed by atoms with Crippen LogP contribution in [-0.4, -0.2) is 45.4 Å². The summed E-state index contributed by atoms with van der Waals surface area (Å²) in [5, 5.41) is 3.14. The van der Waals surface area contributed by atoms with E-state index in [9.17, 15) is 8.42 Å². The molecule has 0 aliphatic rings. The van der Waals surface area contributed by atoms with Crippen molar-refractivity contribution in [3.8, 4) is 0 Å². The van der Waals surface area contributed by atoms with Crippen molar-refractivity contribution in [3.05, 3.63) is 0 Å². The summed E-state index contributed by atoms with van der Waals surface area (Å²) in [7, 11) is -1.71. The highest BCUT2D eigenvalue weighted by Gasteiger charge is 2.18. The maximum atomic E-state index is 11.6. The van der Waals surface area contributed by atoms with Gasteiger partial charge in [0.15, 0.2) is 0 Å². The molecule has 0 aromatic carbocycles. The molecule has 0 unspecified atom stereocenters. The molecular formula is C9H23N3O2S. The Morgan fingerprint density at radius 1 is 1.27 bits per heavy atom. The highest BCUT2D eigenvalue weighted by molar-refractivity contribution is 7.87. The number of nitrogens with one attached hydrogen (secondary N) is 2. The molecule has 0 aliphatic carbocycles. The van der Waals surface area contributed by atoms with Crippen LogP contribution in [-0.2, 0) is 10.2 Å². The lowest BCUT2D eigenvalue weighted by Crippen LogP contribution is -2.42. The highest BCUT2D eigenvalue weighted by atomic mass is 32.2. The molecule has 0 amide bonds. The SMILES string of the molecule is CCNCCCNS(=O)(=O)N(C)C(C)C. The summed E-state index contributed by atoms with van der Waals surface area (Å²) in [6.45, 7) is 7.95. The molecule has 0 aliphatic heterocycles. The smallest absolute Gasteiger partial charge is 0.279 e. The Morgan fingerprint density at radius 3 is 2.33 bits per heavy atom. The van der Waals surface area contributed by atoms with Crippen molar-refractivity contribution < 1.29 is 8.42 Å². The molecule has 2 N–H and O–H groups in total. The van der Waals surface area contributed by atoms with E-state index in [1.165, 1.54) is 4.31 Å². The Hall–Kier alpha value is -0.170. The molecule has 0 aromatic rings. The van der Waals surface area contributed by atoms with E-state index in [1.807, 2.05) is 20.8 Å². The minimum atomic E-state index is -3.29. The van der Waals surface area contributed by atoms with E-state index < -0.39 is 10.2 Å². The van der Waals surface area contributed by atoms with Crippen LogP contribution in [0.3, 0.4) is 0 Å². The van der Waals surface area contributed by atoms with Crippen LogP contribution in [0.25, 0.3) is 0 Å². The first kappa shape index (κ1) is 14.8. The van der Waals surface area contributed by atoms with Crippen molar-refractivity contribution in [2.45, 2.75) is 33.2 Å². The molecule has 15 heavy (non-hydrogen) atoms. The molecule has 0 rings (SSSR count). The summed E-state index contributed by atoms with van der Waals surface area (Å²) in [6, 6.07) is -0.0173. The first-order valence-corrected chi connectivity index (χ1v) is 6.79. The maximum absolute atomic E-state index is 11.6. The average molecular weight is 237 g/mol. The number of hydrogen-bond donors (Lipinski definition) is 2. The zero-order valence-corrected chi connectivity index (χ0v) is 10.9. The Kier molecular flexibility index (Phi) is 7.08. The van der Waals surface area contributed by atoms with Crippen LogP contribution >= 0.6 is 0 Å². The fraction of sp³-hybridized carbons (Fsp3) is 1.00. The van der Waals surface area contributed by atoms with Crippen molar-refractivity contribution in [1.82, 2.24) is 14.3 Å². The van der Waals surface area contributed by atoms with E-state index in [0.29, 0.717) is 6.54 Å². The quantitative estimate of drug-likeness (QED) is 0.591. The standard InChI is InChI=1S/C9H23N3O2S/c1-5-10-7-6-8-11-15(13,14)12(4)9(2)3/h9-11H,5-8H2,1-4H3. The van der Waals surface area contributed by atoms with Crippen molar-refractivity contribution >= 4 is 10.2 Å². The lowest BCUT2D eigenvalue weighted by Gasteiger charge is -2.21. The van der Waals surface area contributed by atoms with E-state index in [0.717, 1.165) is 19.5 Å². The number of nitrogens with zero attached hydrogens (tertiary/aromatic N) is 1. The normalized spacial score (nSPS) is 12.7. The zero-order chi connectivity index (χ0) is 11.9. The third kappa shape index (κ3) is 6.09. The summed E-state index contributed by atoms with van der Waals surface area (Å²) in [6.07, 6.45) is 0.805. The van der Waals surface area contributed by atoms with E-state index in [4.69, 9.17) is 0 Å². The van der Waals surface area contributed by atoms with Crippen LogP contribution in [0.1, 0.15) is 27.2 Å². The predicted molar refractivity (Wildman–Crippen MR) is 63.0 cm³/mol. The Bertz CT molecular complexity index is 252. The largest absolute Gasteiger partial charge is 0.317 e. The van der Waals surface area contributed by atoms with Crippen LogP contribution in [0.2, 0.25) is 0 Å². The molecule has 0 atom stereocenters. The van der Waals surface area contributed by atoms with Gasteiger partial charge in [0.1, 0.15) is 0 Å². The van der Waals surface area contributed by atoms with Crippen molar-refractivity contribution in [1.29, 1.82) is 0 Å². The van der Waals surface area contributed by atoms with Gasteiger partial charge in [0.05, 0.1) is 0 Å². The van der Waals surface area contributed by atoms with Gasteiger partial charge >= 0.3 is 0 Å². The summed E-state index contributed by atoms with van der Waals surface area (Å²) >= 11 is 0. The van der Waals surface area contributed by atoms with Crippen LogP contribution < -0.4 is 10.0 Å². The zero-order valence-electron chi connectivity index (χ0n) is 10.1. The van der Waals surface area contributed by atoms with Crippen LogP contribution in [0.5, 0.6) is 0 Å². The van der Waals surface area contributed by atoms with Gasteiger partial charge in [0.25, 0.3) is 10.2 Å². The van der Waals surface area contributed by atoms with Crippen molar-refractivity contribution in [2.75, 3.05) is 26.7 Å². The minimum absolute atomic E-state index is 0.0173. The van der Waals surface area contributed by atoms with Crippen molar-refractivity contribution in [2.24, 2.45) is 0 Å². The molecular weight excluding hydrogens is 214 g/mol. The lowest BCUT2D eigenvalue weighted by molar-refractivity contribution is 0.402. The summed E-state index contributed by atoms with van der Waals surface area (Å²) in [4.78, 5) is 0. The maximum Gasteiger partial charge on any atom is 0.279 e. The molecule has 0 saturated carbocycles. The predicted octanol–water partition coefficient (Wildman–Crippen LogP) is 0.161. The molecule has 0 radical (unpaired) electrons. The lowest BCUT2D eigenvalue weighted by atomic mass is 10.4. The molecule has 92 valence electrons. The topological polar surface area (TPSA) is 61.4 Å². The second kappa shape index (κ2) is 7.16. The van der Waals surface area contributed by atoms with Gasteiger partial charge < -0.3 is 5.32 Å². The Balaban J connectivity index is 3.85. The Morgan fingerprint density at radius 2 is 1.87 bits per heavy atom. The van der Waals surface area contributed by atoms with Crippen LogP contribution in [0.15, 0.2) is 0 Å². The van der Waals surface area contributed by atoms with Gasteiger partial charge in [-0.15, -0.1) is 0 Å². The summed E-state index contributed by atoms with van der Waals surface area (Å²) in [5.74, 6) is 0. The van der Waals surface area contributed by atoms with E-state index in [-0.39, 0.29) is 6.04 Å². The second-order valence-electron chi connectivity index (χ2n) is 3.72. The highest BCUT2D eigenvalue weighted by Crippen LogP contribution is 1.99. The molecule has 0 aromatic heterocycles. The van der Waals surface area contributed by atoms with Gasteiger partial charge in [0, 0.05) is 19.6 Å². The van der Waals surface area contributed by atoms with Crippen molar-refractivity contribution in [3.63, 3.8) is 0 Å². The second-order valence-corrected chi connectivity index (χ2v) is 5.53. The number of hydrogen-bond acceptors (Lipinski definition) is 3. The van der Waals surface area contributed by atoms with Gasteiger partial charge in [-0.25, -0.2) is 4.72 Å². The molecule has 0 saturated heterocycles. The monoisotopic (exact) mass is 237 g/mol. The first-order chi connectivity index (χ1) is 6.91. The fourth-order valence-corrected chi connectivity index (χ4v) is 2.13. The van der Waals surface area contributed by atoms with E-state index in [2.05, 4.69) is 10.0 Å². The van der Waals surface area contributed by atoms with Gasteiger partial charge in [-0.2, -0.15) is 12.7 Å². The Labute approximate surface area is 93.4 Å². The average Bonchev–Trinajstić information content (AvgIpc) is 2.16. The van der Waals surface area contributed by atoms with Gasteiger partial charge in [-0.1, -0.05) is 6.92 Å². The van der Waals surface area contributed by atoms with Crippen LogP contribution in [0, 0.1) is 0 Å². The van der Waals surface area contributed by atoms with Gasteiger partial charge in [-0.05, 0) is 33.4 Å². The third-order valence-corrected chi connectivity index (χ3v) is 3.92. The van der Waals surface area contributed by atoms with Gasteiger partial charge in [0.2, 0.25) is 0 Å². The summed E-state index contributed by atoms with van der Waals surface area (Å²) in [5.41, 5.74) is 0. The van der Waals surface area contributed by atoms with Crippen LogP contribution in [0.4, 0.5) is 0 Å². The number of rotatable bonds is 8. The third-order valence-electron chi connectivity index (χ3n) is 2.17. The first-order valence-electron chi connectivity index (χ1n) is 5.35. The van der Waals surface area contributed by atoms with E-state index >= 15 is 0 Å². The minimum Gasteiger partial charge on any atom is -0.317 e.